The highest BCUT2D eigenvalue weighted by Gasteiger charge is 2.32. The lowest BCUT2D eigenvalue weighted by molar-refractivity contribution is 0.0760. The second-order valence-electron chi connectivity index (χ2n) is 8.13. The van der Waals surface area contributed by atoms with Gasteiger partial charge in [0.1, 0.15) is 17.7 Å². The minimum Gasteiger partial charge on any atom is -0.494 e. The molecule has 0 radical (unpaired) electrons. The molecule has 1 aliphatic heterocycles. The monoisotopic (exact) mass is 477 g/mol. The third-order valence-electron chi connectivity index (χ3n) is 5.73. The number of rotatable bonds is 10. The molecule has 1 heterocycles. The standard InChI is InChI=1S/C28H31NO4S/c1-3-4-17-32-24-13-10-22(11-14-24)27(30)29-16-18-34-28(29)23-12-15-25(31-2)26(19-23)33-20-21-8-6-5-7-9-21/h5-15,19,28H,3-4,16-18,20H2,1-2H3. The normalized spacial score (nSPS) is 15.2. The van der Waals surface area contributed by atoms with Gasteiger partial charge in [0, 0.05) is 17.9 Å². The fourth-order valence-electron chi connectivity index (χ4n) is 3.84. The Bertz CT molecular complexity index is 1070. The van der Waals surface area contributed by atoms with E-state index in [9.17, 15) is 4.79 Å². The first kappa shape index (κ1) is 24.0. The van der Waals surface area contributed by atoms with Crippen LogP contribution < -0.4 is 14.2 Å². The van der Waals surface area contributed by atoms with E-state index in [-0.39, 0.29) is 11.3 Å². The van der Waals surface area contributed by atoms with Crippen molar-refractivity contribution >= 4 is 17.7 Å². The number of amides is 1. The van der Waals surface area contributed by atoms with Crippen LogP contribution in [0.25, 0.3) is 0 Å². The molecule has 1 atom stereocenters. The number of thioether (sulfide) groups is 1. The lowest BCUT2D eigenvalue weighted by Gasteiger charge is -2.25. The van der Waals surface area contributed by atoms with Gasteiger partial charge >= 0.3 is 0 Å². The number of hydrogen-bond acceptors (Lipinski definition) is 5. The highest BCUT2D eigenvalue weighted by molar-refractivity contribution is 7.99. The molecule has 1 amide bonds. The van der Waals surface area contributed by atoms with Crippen molar-refractivity contribution in [3.63, 3.8) is 0 Å². The first-order chi connectivity index (χ1) is 16.7. The summed E-state index contributed by atoms with van der Waals surface area (Å²) in [6.07, 6.45) is 2.11. The number of hydrogen-bond donors (Lipinski definition) is 0. The first-order valence-corrected chi connectivity index (χ1v) is 12.7. The highest BCUT2D eigenvalue weighted by Crippen LogP contribution is 2.42. The maximum absolute atomic E-state index is 13.3. The van der Waals surface area contributed by atoms with Crippen molar-refractivity contribution in [1.82, 2.24) is 4.90 Å². The maximum Gasteiger partial charge on any atom is 0.255 e. The van der Waals surface area contributed by atoms with Crippen LogP contribution in [0, 0.1) is 0 Å². The van der Waals surface area contributed by atoms with E-state index in [0.29, 0.717) is 36.8 Å². The Morgan fingerprint density at radius 2 is 1.79 bits per heavy atom. The molecule has 3 aromatic carbocycles. The van der Waals surface area contributed by atoms with Crippen molar-refractivity contribution < 1.29 is 19.0 Å². The maximum atomic E-state index is 13.3. The molecule has 0 N–H and O–H groups in total. The average Bonchev–Trinajstić information content (AvgIpc) is 3.38. The summed E-state index contributed by atoms with van der Waals surface area (Å²) in [6.45, 7) is 3.99. The molecule has 0 aliphatic carbocycles. The van der Waals surface area contributed by atoms with Gasteiger partial charge in [0.15, 0.2) is 11.5 Å². The molecule has 1 aliphatic rings. The topological polar surface area (TPSA) is 48.0 Å². The highest BCUT2D eigenvalue weighted by atomic mass is 32.2. The second kappa shape index (κ2) is 11.8. The van der Waals surface area contributed by atoms with Gasteiger partial charge in [-0.25, -0.2) is 0 Å². The predicted octanol–water partition coefficient (Wildman–Crippen LogP) is 6.34. The van der Waals surface area contributed by atoms with Crippen LogP contribution in [0.3, 0.4) is 0 Å². The van der Waals surface area contributed by atoms with E-state index in [1.54, 1.807) is 18.9 Å². The van der Waals surface area contributed by atoms with E-state index in [0.717, 1.165) is 35.5 Å². The quantitative estimate of drug-likeness (QED) is 0.319. The van der Waals surface area contributed by atoms with Gasteiger partial charge in [-0.05, 0) is 53.9 Å². The molecule has 0 aromatic heterocycles. The molecule has 0 spiro atoms. The van der Waals surface area contributed by atoms with Crippen LogP contribution in [-0.2, 0) is 6.61 Å². The minimum absolute atomic E-state index is 0.0256. The van der Waals surface area contributed by atoms with E-state index < -0.39 is 0 Å². The summed E-state index contributed by atoms with van der Waals surface area (Å²) in [6, 6.07) is 23.4. The van der Waals surface area contributed by atoms with Crippen LogP contribution in [-0.4, -0.2) is 36.8 Å². The van der Waals surface area contributed by atoms with Gasteiger partial charge in [-0.3, -0.25) is 4.79 Å². The summed E-state index contributed by atoms with van der Waals surface area (Å²) in [7, 11) is 1.64. The number of carbonyl (C=O) groups is 1. The second-order valence-corrected chi connectivity index (χ2v) is 9.32. The first-order valence-electron chi connectivity index (χ1n) is 11.7. The van der Waals surface area contributed by atoms with Crippen LogP contribution in [0.2, 0.25) is 0 Å². The molecule has 0 bridgehead atoms. The average molecular weight is 478 g/mol. The fourth-order valence-corrected chi connectivity index (χ4v) is 5.09. The number of nitrogens with zero attached hydrogens (tertiary/aromatic N) is 1. The van der Waals surface area contributed by atoms with E-state index in [1.807, 2.05) is 77.7 Å². The summed E-state index contributed by atoms with van der Waals surface area (Å²) in [5, 5.41) is -0.0713. The summed E-state index contributed by atoms with van der Waals surface area (Å²) < 4.78 is 17.3. The van der Waals surface area contributed by atoms with Crippen molar-refractivity contribution in [2.45, 2.75) is 31.7 Å². The Morgan fingerprint density at radius 3 is 2.53 bits per heavy atom. The van der Waals surface area contributed by atoms with E-state index >= 15 is 0 Å². The van der Waals surface area contributed by atoms with Gasteiger partial charge in [-0.1, -0.05) is 49.7 Å². The molecule has 1 fully saturated rings. The zero-order valence-electron chi connectivity index (χ0n) is 19.7. The van der Waals surface area contributed by atoms with Gasteiger partial charge in [0.25, 0.3) is 5.91 Å². The van der Waals surface area contributed by atoms with Crippen LogP contribution in [0.5, 0.6) is 17.2 Å². The Hall–Kier alpha value is -3.12. The van der Waals surface area contributed by atoms with Crippen LogP contribution in [0.4, 0.5) is 0 Å². The molecule has 178 valence electrons. The number of carbonyl (C=O) groups excluding carboxylic acids is 1. The molecule has 5 nitrogen and oxygen atoms in total. The number of ether oxygens (including phenoxy) is 3. The molecule has 34 heavy (non-hydrogen) atoms. The largest absolute Gasteiger partial charge is 0.494 e. The molecule has 4 rings (SSSR count). The van der Waals surface area contributed by atoms with Crippen molar-refractivity contribution in [2.24, 2.45) is 0 Å². The van der Waals surface area contributed by atoms with Gasteiger partial charge in [0.2, 0.25) is 0 Å². The lowest BCUT2D eigenvalue weighted by atomic mass is 10.1. The fraction of sp³-hybridized carbons (Fsp3) is 0.321. The third-order valence-corrected chi connectivity index (χ3v) is 6.99. The van der Waals surface area contributed by atoms with Crippen molar-refractivity contribution in [2.75, 3.05) is 26.0 Å². The zero-order valence-corrected chi connectivity index (χ0v) is 20.6. The van der Waals surface area contributed by atoms with E-state index in [1.165, 1.54) is 0 Å². The van der Waals surface area contributed by atoms with Crippen LogP contribution >= 0.6 is 11.8 Å². The molecule has 0 saturated carbocycles. The Morgan fingerprint density at radius 1 is 1.00 bits per heavy atom. The van der Waals surface area contributed by atoms with Crippen molar-refractivity contribution in [1.29, 1.82) is 0 Å². The van der Waals surface area contributed by atoms with Gasteiger partial charge < -0.3 is 19.1 Å². The number of methoxy groups -OCH3 is 1. The Labute approximate surface area is 206 Å². The number of benzene rings is 3. The van der Waals surface area contributed by atoms with Crippen LogP contribution in [0.15, 0.2) is 72.8 Å². The molecular weight excluding hydrogens is 446 g/mol. The molecule has 1 saturated heterocycles. The molecule has 1 unspecified atom stereocenters. The molecule has 3 aromatic rings. The predicted molar refractivity (Wildman–Crippen MR) is 137 cm³/mol. The summed E-state index contributed by atoms with van der Waals surface area (Å²) in [4.78, 5) is 15.3. The Kier molecular flexibility index (Phi) is 8.36. The summed E-state index contributed by atoms with van der Waals surface area (Å²) >= 11 is 1.76. The molecule has 6 heteroatoms. The summed E-state index contributed by atoms with van der Waals surface area (Å²) in [5.74, 6) is 3.07. The van der Waals surface area contributed by atoms with Crippen molar-refractivity contribution in [3.8, 4) is 17.2 Å². The number of unbranched alkanes of at least 4 members (excludes halogenated alkanes) is 1. The Balaban J connectivity index is 1.48. The molecular formula is C28H31NO4S. The lowest BCUT2D eigenvalue weighted by Crippen LogP contribution is -2.30. The SMILES string of the molecule is CCCCOc1ccc(C(=O)N2CCSC2c2ccc(OC)c(OCc3ccccc3)c2)cc1. The van der Waals surface area contributed by atoms with Gasteiger partial charge in [-0.15, -0.1) is 11.8 Å². The van der Waals surface area contributed by atoms with Crippen molar-refractivity contribution in [3.05, 3.63) is 89.5 Å². The van der Waals surface area contributed by atoms with E-state index in [2.05, 4.69) is 6.92 Å². The van der Waals surface area contributed by atoms with Crippen LogP contribution in [0.1, 0.15) is 46.6 Å². The van der Waals surface area contributed by atoms with E-state index in [4.69, 9.17) is 14.2 Å². The van der Waals surface area contributed by atoms with Gasteiger partial charge in [0.05, 0.1) is 13.7 Å². The zero-order chi connectivity index (χ0) is 23.8. The van der Waals surface area contributed by atoms with Gasteiger partial charge in [-0.2, -0.15) is 0 Å². The smallest absolute Gasteiger partial charge is 0.255 e. The summed E-state index contributed by atoms with van der Waals surface area (Å²) in [5.41, 5.74) is 2.78. The minimum atomic E-state index is -0.0713. The third kappa shape index (κ3) is 5.86.